The number of hydrogen-bond donors (Lipinski definition) is 2. The molecule has 1 aromatic carbocycles. The summed E-state index contributed by atoms with van der Waals surface area (Å²) in [4.78, 5) is 0. The first-order valence-corrected chi connectivity index (χ1v) is 6.24. The van der Waals surface area contributed by atoms with Crippen LogP contribution in [-0.2, 0) is 11.3 Å². The molecule has 0 bridgehead atoms. The van der Waals surface area contributed by atoms with E-state index < -0.39 is 0 Å². The fourth-order valence-corrected chi connectivity index (χ4v) is 2.24. The van der Waals surface area contributed by atoms with E-state index in [1.165, 1.54) is 0 Å². The molecule has 0 aromatic heterocycles. The number of benzene rings is 1. The molecule has 1 fully saturated rings. The Morgan fingerprint density at radius 2 is 2.12 bits per heavy atom. The van der Waals surface area contributed by atoms with Crippen molar-refractivity contribution in [3.8, 4) is 0 Å². The molecule has 0 amide bonds. The van der Waals surface area contributed by atoms with E-state index in [1.807, 2.05) is 12.1 Å². The summed E-state index contributed by atoms with van der Waals surface area (Å²) in [7, 11) is 0. The van der Waals surface area contributed by atoms with Gasteiger partial charge in [-0.1, -0.05) is 29.3 Å². The van der Waals surface area contributed by atoms with E-state index in [0.29, 0.717) is 29.8 Å². The van der Waals surface area contributed by atoms with Gasteiger partial charge < -0.3 is 15.2 Å². The monoisotopic (exact) mass is 275 g/mol. The summed E-state index contributed by atoms with van der Waals surface area (Å²) in [5, 5.41) is 13.8. The molecule has 1 aliphatic rings. The lowest BCUT2D eigenvalue weighted by atomic mass is 9.87. The van der Waals surface area contributed by atoms with Crippen LogP contribution in [0.15, 0.2) is 18.2 Å². The maximum absolute atomic E-state index is 9.26. The van der Waals surface area contributed by atoms with Crippen LogP contribution >= 0.6 is 23.2 Å². The molecule has 0 spiro atoms. The third kappa shape index (κ3) is 3.12. The Labute approximate surface area is 111 Å². The molecular weight excluding hydrogens is 261 g/mol. The summed E-state index contributed by atoms with van der Waals surface area (Å²) in [6.45, 7) is 2.77. The number of rotatable bonds is 5. The van der Waals surface area contributed by atoms with E-state index in [-0.39, 0.29) is 12.0 Å². The van der Waals surface area contributed by atoms with E-state index in [9.17, 15) is 5.11 Å². The zero-order valence-corrected chi connectivity index (χ0v) is 10.9. The fraction of sp³-hybridized carbons (Fsp3) is 0.500. The minimum Gasteiger partial charge on any atom is -0.396 e. The third-order valence-corrected chi connectivity index (χ3v) is 3.57. The summed E-state index contributed by atoms with van der Waals surface area (Å²) < 4.78 is 5.13. The summed E-state index contributed by atoms with van der Waals surface area (Å²) in [6.07, 6.45) is 0. The highest BCUT2D eigenvalue weighted by molar-refractivity contribution is 6.35. The quantitative estimate of drug-likeness (QED) is 0.865. The van der Waals surface area contributed by atoms with Crippen molar-refractivity contribution in [2.75, 3.05) is 26.4 Å². The number of aliphatic hydroxyl groups excluding tert-OH is 1. The highest BCUT2D eigenvalue weighted by Gasteiger charge is 2.37. The van der Waals surface area contributed by atoms with Gasteiger partial charge in [0, 0.05) is 23.1 Å². The molecule has 1 aromatic rings. The molecule has 2 rings (SSSR count). The topological polar surface area (TPSA) is 41.5 Å². The highest BCUT2D eigenvalue weighted by atomic mass is 35.5. The van der Waals surface area contributed by atoms with Gasteiger partial charge in [-0.25, -0.2) is 0 Å². The van der Waals surface area contributed by atoms with Crippen molar-refractivity contribution in [3.05, 3.63) is 33.8 Å². The average molecular weight is 276 g/mol. The third-order valence-electron chi connectivity index (χ3n) is 2.98. The van der Waals surface area contributed by atoms with Crippen molar-refractivity contribution in [1.29, 1.82) is 0 Å². The van der Waals surface area contributed by atoms with Gasteiger partial charge in [0.05, 0.1) is 25.2 Å². The Balaban J connectivity index is 1.85. The van der Waals surface area contributed by atoms with Crippen molar-refractivity contribution >= 4 is 23.2 Å². The second-order valence-corrected chi connectivity index (χ2v) is 5.33. The minimum atomic E-state index is -0.112. The summed E-state index contributed by atoms with van der Waals surface area (Å²) in [5.74, 6) is 0. The van der Waals surface area contributed by atoms with E-state index >= 15 is 0 Å². The summed E-state index contributed by atoms with van der Waals surface area (Å²) in [5.41, 5.74) is 0.892. The summed E-state index contributed by atoms with van der Waals surface area (Å²) in [6, 6.07) is 5.45. The second kappa shape index (κ2) is 5.55. The number of ether oxygens (including phenoxy) is 1. The highest BCUT2D eigenvalue weighted by Crippen LogP contribution is 2.26. The van der Waals surface area contributed by atoms with Crippen LogP contribution in [0.2, 0.25) is 10.0 Å². The van der Waals surface area contributed by atoms with Crippen LogP contribution in [0.25, 0.3) is 0 Å². The smallest absolute Gasteiger partial charge is 0.0579 e. The van der Waals surface area contributed by atoms with Crippen LogP contribution in [0.3, 0.4) is 0 Å². The number of hydrogen-bond acceptors (Lipinski definition) is 3. The number of aliphatic hydroxyl groups is 1. The zero-order valence-electron chi connectivity index (χ0n) is 9.38. The van der Waals surface area contributed by atoms with Crippen molar-refractivity contribution in [2.45, 2.75) is 6.54 Å². The molecule has 0 atom stereocenters. The normalized spacial score (nSPS) is 17.8. The van der Waals surface area contributed by atoms with E-state index in [2.05, 4.69) is 5.32 Å². The molecule has 2 N–H and O–H groups in total. The minimum absolute atomic E-state index is 0.112. The van der Waals surface area contributed by atoms with Crippen LogP contribution in [-0.4, -0.2) is 31.5 Å². The summed E-state index contributed by atoms with van der Waals surface area (Å²) >= 11 is 11.9. The van der Waals surface area contributed by atoms with Gasteiger partial charge in [0.15, 0.2) is 0 Å². The molecule has 0 saturated carbocycles. The van der Waals surface area contributed by atoms with Crippen molar-refractivity contribution in [2.24, 2.45) is 5.41 Å². The molecule has 0 radical (unpaired) electrons. The van der Waals surface area contributed by atoms with Gasteiger partial charge in [0.25, 0.3) is 0 Å². The molecule has 1 heterocycles. The fourth-order valence-electron chi connectivity index (χ4n) is 1.77. The predicted molar refractivity (Wildman–Crippen MR) is 68.5 cm³/mol. The van der Waals surface area contributed by atoms with Crippen LogP contribution < -0.4 is 5.32 Å². The van der Waals surface area contributed by atoms with Crippen LogP contribution in [0, 0.1) is 5.41 Å². The van der Waals surface area contributed by atoms with Gasteiger partial charge >= 0.3 is 0 Å². The largest absolute Gasteiger partial charge is 0.396 e. The lowest BCUT2D eigenvalue weighted by Gasteiger charge is -2.40. The van der Waals surface area contributed by atoms with Crippen molar-refractivity contribution < 1.29 is 9.84 Å². The lowest BCUT2D eigenvalue weighted by Crippen LogP contribution is -2.52. The standard InChI is InChI=1S/C12H15Cl2NO2/c13-10-2-1-9(11(14)3-10)4-15-5-12(6-16)7-17-8-12/h1-3,15-16H,4-8H2. The van der Waals surface area contributed by atoms with E-state index in [0.717, 1.165) is 12.1 Å². The molecule has 0 unspecified atom stereocenters. The molecule has 17 heavy (non-hydrogen) atoms. The molecule has 1 saturated heterocycles. The Morgan fingerprint density at radius 1 is 1.35 bits per heavy atom. The zero-order chi connectivity index (χ0) is 12.3. The predicted octanol–water partition coefficient (Wildman–Crippen LogP) is 2.09. The second-order valence-electron chi connectivity index (χ2n) is 4.49. The van der Waals surface area contributed by atoms with Crippen LogP contribution in [0.5, 0.6) is 0 Å². The molecular formula is C12H15Cl2NO2. The SMILES string of the molecule is OCC1(CNCc2ccc(Cl)cc2Cl)COC1. The maximum Gasteiger partial charge on any atom is 0.0579 e. The number of halogens is 2. The number of nitrogens with one attached hydrogen (secondary N) is 1. The molecule has 1 aliphatic heterocycles. The van der Waals surface area contributed by atoms with Gasteiger partial charge in [-0.2, -0.15) is 0 Å². The Hall–Kier alpha value is -0.320. The van der Waals surface area contributed by atoms with Crippen LogP contribution in [0.4, 0.5) is 0 Å². The van der Waals surface area contributed by atoms with Gasteiger partial charge in [-0.05, 0) is 17.7 Å². The lowest BCUT2D eigenvalue weighted by molar-refractivity contribution is -0.134. The first-order chi connectivity index (χ1) is 8.15. The molecule has 5 heteroatoms. The van der Waals surface area contributed by atoms with E-state index in [4.69, 9.17) is 27.9 Å². The first-order valence-electron chi connectivity index (χ1n) is 5.48. The van der Waals surface area contributed by atoms with Gasteiger partial charge in [0.1, 0.15) is 0 Å². The molecule has 94 valence electrons. The first kappa shape index (κ1) is 13.1. The average Bonchev–Trinajstić information content (AvgIpc) is 2.25. The molecule has 0 aliphatic carbocycles. The van der Waals surface area contributed by atoms with Crippen molar-refractivity contribution in [3.63, 3.8) is 0 Å². The Kier molecular flexibility index (Phi) is 4.28. The maximum atomic E-state index is 9.26. The van der Waals surface area contributed by atoms with Gasteiger partial charge in [-0.15, -0.1) is 0 Å². The van der Waals surface area contributed by atoms with Gasteiger partial charge in [0.2, 0.25) is 0 Å². The Bertz CT molecular complexity index is 389. The Morgan fingerprint density at radius 3 is 2.65 bits per heavy atom. The van der Waals surface area contributed by atoms with E-state index in [1.54, 1.807) is 6.07 Å². The van der Waals surface area contributed by atoms with Crippen LogP contribution in [0.1, 0.15) is 5.56 Å². The van der Waals surface area contributed by atoms with Crippen molar-refractivity contribution in [1.82, 2.24) is 5.32 Å². The van der Waals surface area contributed by atoms with Gasteiger partial charge in [-0.3, -0.25) is 0 Å². The molecule has 3 nitrogen and oxygen atoms in total.